The first-order valence-corrected chi connectivity index (χ1v) is 18.9. The zero-order valence-corrected chi connectivity index (χ0v) is 29.5. The van der Waals surface area contributed by atoms with E-state index < -0.39 is 0 Å². The van der Waals surface area contributed by atoms with Crippen molar-refractivity contribution in [1.29, 1.82) is 0 Å². The van der Waals surface area contributed by atoms with Gasteiger partial charge in [0.15, 0.2) is 0 Å². The van der Waals surface area contributed by atoms with Gasteiger partial charge < -0.3 is 9.80 Å². The summed E-state index contributed by atoms with van der Waals surface area (Å²) >= 11 is 13.3. The highest BCUT2D eigenvalue weighted by molar-refractivity contribution is 6.39. The van der Waals surface area contributed by atoms with Gasteiger partial charge in [0.1, 0.15) is 0 Å². The van der Waals surface area contributed by atoms with Crippen molar-refractivity contribution >= 4 is 35.0 Å². The molecule has 7 atom stereocenters. The van der Waals surface area contributed by atoms with Gasteiger partial charge in [-0.15, -0.1) is 0 Å². The van der Waals surface area contributed by atoms with Crippen molar-refractivity contribution in [2.75, 3.05) is 13.6 Å². The Hall–Kier alpha value is -1.26. The zero-order chi connectivity index (χ0) is 31.5. The molecular formula is C38H58Cl2N2O2. The van der Waals surface area contributed by atoms with Gasteiger partial charge >= 0.3 is 0 Å². The van der Waals surface area contributed by atoms with Gasteiger partial charge in [0.2, 0.25) is 5.91 Å². The first-order valence-electron chi connectivity index (χ1n) is 18.1. The molecule has 2 amide bonds. The van der Waals surface area contributed by atoms with Gasteiger partial charge in [-0.05, 0) is 92.1 Å². The second kappa shape index (κ2) is 14.7. The lowest BCUT2D eigenvalue weighted by Crippen LogP contribution is -2.62. The molecule has 0 bridgehead atoms. The van der Waals surface area contributed by atoms with E-state index in [1.165, 1.54) is 77.0 Å². The molecule has 4 nitrogen and oxygen atoms in total. The minimum atomic E-state index is 0.0219. The van der Waals surface area contributed by atoms with Gasteiger partial charge in [-0.2, -0.15) is 0 Å². The van der Waals surface area contributed by atoms with E-state index in [9.17, 15) is 9.59 Å². The molecule has 5 rings (SSSR count). The summed E-state index contributed by atoms with van der Waals surface area (Å²) in [7, 11) is 2.04. The average Bonchev–Trinajstić information content (AvgIpc) is 3.35. The summed E-state index contributed by atoms with van der Waals surface area (Å²) in [5.74, 6) is 2.31. The highest BCUT2D eigenvalue weighted by Gasteiger charge is 2.62. The molecule has 246 valence electrons. The van der Waals surface area contributed by atoms with E-state index in [0.29, 0.717) is 51.7 Å². The fourth-order valence-electron chi connectivity index (χ4n) is 10.6. The molecule has 0 spiro atoms. The number of hydrogen-bond acceptors (Lipinski definition) is 2. The zero-order valence-electron chi connectivity index (χ0n) is 28.0. The minimum absolute atomic E-state index is 0.0219. The predicted molar refractivity (Wildman–Crippen MR) is 183 cm³/mol. The van der Waals surface area contributed by atoms with Crippen molar-refractivity contribution < 1.29 is 9.59 Å². The second-order valence-corrected chi connectivity index (χ2v) is 16.2. The molecule has 0 N–H and O–H groups in total. The molecule has 4 aliphatic rings. The number of unbranched alkanes of at least 4 members (excludes halogenated alkanes) is 9. The third-order valence-electron chi connectivity index (χ3n) is 13.1. The van der Waals surface area contributed by atoms with Crippen LogP contribution in [-0.4, -0.2) is 47.3 Å². The monoisotopic (exact) mass is 644 g/mol. The van der Waals surface area contributed by atoms with Crippen molar-refractivity contribution in [3.63, 3.8) is 0 Å². The highest BCUT2D eigenvalue weighted by atomic mass is 35.5. The van der Waals surface area contributed by atoms with Crippen LogP contribution >= 0.6 is 23.2 Å². The van der Waals surface area contributed by atoms with Crippen LogP contribution in [0.15, 0.2) is 18.2 Å². The number of rotatable bonds is 13. The van der Waals surface area contributed by atoms with Gasteiger partial charge in [-0.1, -0.05) is 108 Å². The fraction of sp³-hybridized carbons (Fsp3) is 0.789. The SMILES string of the molecule is CCCCCCCCCCCCN(C(=O)c1c(Cl)cccc1Cl)[C@H]1CC[C@H]2[C@@H]3CC[C@H]4N(C)C(=O)CC[C@]4(C)[C@H]3CC[C@]12C. The third-order valence-corrected chi connectivity index (χ3v) is 13.7. The van der Waals surface area contributed by atoms with Crippen molar-refractivity contribution in [1.82, 2.24) is 9.80 Å². The maximum absolute atomic E-state index is 14.4. The molecule has 0 aromatic heterocycles. The van der Waals surface area contributed by atoms with Crippen LogP contribution in [0, 0.1) is 28.6 Å². The predicted octanol–water partition coefficient (Wildman–Crippen LogP) is 10.6. The summed E-state index contributed by atoms with van der Waals surface area (Å²) in [5, 5.41) is 0.919. The number of amides is 2. The lowest BCUT2D eigenvalue weighted by Gasteiger charge is -2.62. The van der Waals surface area contributed by atoms with E-state index in [2.05, 4.69) is 30.6 Å². The normalized spacial score (nSPS) is 33.1. The molecule has 0 unspecified atom stereocenters. The Balaban J connectivity index is 1.29. The largest absolute Gasteiger partial charge is 0.342 e. The maximum atomic E-state index is 14.4. The number of nitrogens with zero attached hydrogens (tertiary/aromatic N) is 2. The molecule has 3 saturated carbocycles. The number of fused-ring (bicyclic) bond motifs is 5. The molecule has 6 heteroatoms. The van der Waals surface area contributed by atoms with E-state index in [1.807, 2.05) is 13.1 Å². The van der Waals surface area contributed by atoms with Crippen LogP contribution in [-0.2, 0) is 4.79 Å². The second-order valence-electron chi connectivity index (χ2n) is 15.4. The number of piperidine rings is 1. The third kappa shape index (κ3) is 6.60. The lowest BCUT2D eigenvalue weighted by molar-refractivity contribution is -0.158. The maximum Gasteiger partial charge on any atom is 0.257 e. The van der Waals surface area contributed by atoms with E-state index in [-0.39, 0.29) is 22.8 Å². The Kier molecular flexibility index (Phi) is 11.4. The standard InChI is InChI=1S/C38H58Cl2N2O2/c1-5-6-7-8-9-10-11-12-13-14-26-42(36(44)35-30(39)16-15-17-31(35)40)33-21-19-28-27-18-20-32-37(2,25-23-34(43)41(32)4)29(27)22-24-38(28,33)3/h15-17,27-29,32-33H,5-14,18-26H2,1-4H3/t27-,28-,29-,32+,33-,37+,38-/m0/s1. The highest BCUT2D eigenvalue weighted by Crippen LogP contribution is 2.65. The molecule has 1 saturated heterocycles. The summed E-state index contributed by atoms with van der Waals surface area (Å²) in [6.45, 7) is 8.05. The van der Waals surface area contributed by atoms with Crippen molar-refractivity contribution in [3.05, 3.63) is 33.8 Å². The first kappa shape index (κ1) is 34.1. The number of likely N-dealkylation sites (tertiary alicyclic amines) is 1. The quantitative estimate of drug-likeness (QED) is 0.200. The molecule has 4 fully saturated rings. The van der Waals surface area contributed by atoms with E-state index in [1.54, 1.807) is 12.1 Å². The topological polar surface area (TPSA) is 40.6 Å². The Morgan fingerprint density at radius 2 is 1.45 bits per heavy atom. The summed E-state index contributed by atoms with van der Waals surface area (Å²) in [4.78, 5) is 31.3. The van der Waals surface area contributed by atoms with Gasteiger partial charge in [0.25, 0.3) is 5.91 Å². The Morgan fingerprint density at radius 1 is 0.841 bits per heavy atom. The van der Waals surface area contributed by atoms with Crippen LogP contribution < -0.4 is 0 Å². The number of carbonyl (C=O) groups excluding carboxylic acids is 2. The Morgan fingerprint density at radius 3 is 2.11 bits per heavy atom. The van der Waals surface area contributed by atoms with Crippen LogP contribution in [0.4, 0.5) is 0 Å². The van der Waals surface area contributed by atoms with Gasteiger partial charge in [0.05, 0.1) is 15.6 Å². The molecule has 1 aromatic rings. The van der Waals surface area contributed by atoms with Crippen LogP contribution in [0.2, 0.25) is 10.0 Å². The van der Waals surface area contributed by atoms with Crippen LogP contribution in [0.5, 0.6) is 0 Å². The molecule has 3 aliphatic carbocycles. The van der Waals surface area contributed by atoms with E-state index in [0.717, 1.165) is 38.6 Å². The summed E-state index contributed by atoms with van der Waals surface area (Å²) in [6, 6.07) is 6.02. The fourth-order valence-corrected chi connectivity index (χ4v) is 11.2. The van der Waals surface area contributed by atoms with E-state index >= 15 is 0 Å². The lowest BCUT2D eigenvalue weighted by atomic mass is 9.47. The molecular weight excluding hydrogens is 587 g/mol. The van der Waals surface area contributed by atoms with Gasteiger partial charge in [-0.25, -0.2) is 0 Å². The molecule has 44 heavy (non-hydrogen) atoms. The number of hydrogen-bond donors (Lipinski definition) is 0. The molecule has 0 radical (unpaired) electrons. The van der Waals surface area contributed by atoms with Crippen LogP contribution in [0.25, 0.3) is 0 Å². The van der Waals surface area contributed by atoms with Gasteiger partial charge in [-0.3, -0.25) is 9.59 Å². The number of benzene rings is 1. The van der Waals surface area contributed by atoms with Crippen LogP contribution in [0.1, 0.15) is 147 Å². The molecule has 1 aliphatic heterocycles. The first-order chi connectivity index (χ1) is 21.1. The smallest absolute Gasteiger partial charge is 0.257 e. The molecule has 1 heterocycles. The average molecular weight is 646 g/mol. The van der Waals surface area contributed by atoms with Crippen molar-refractivity contribution in [3.8, 4) is 0 Å². The van der Waals surface area contributed by atoms with Crippen molar-refractivity contribution in [2.45, 2.75) is 148 Å². The summed E-state index contributed by atoms with van der Waals surface area (Å²) < 4.78 is 0. The summed E-state index contributed by atoms with van der Waals surface area (Å²) in [6.07, 6.45) is 21.5. The summed E-state index contributed by atoms with van der Waals surface area (Å²) in [5.41, 5.74) is 0.788. The van der Waals surface area contributed by atoms with Crippen molar-refractivity contribution in [2.24, 2.45) is 28.6 Å². The van der Waals surface area contributed by atoms with Crippen LogP contribution in [0.3, 0.4) is 0 Å². The Bertz CT molecular complexity index is 1140. The molecule has 1 aromatic carbocycles. The van der Waals surface area contributed by atoms with E-state index in [4.69, 9.17) is 23.2 Å². The Labute approximate surface area is 278 Å². The minimum Gasteiger partial charge on any atom is -0.342 e. The number of carbonyl (C=O) groups is 2. The van der Waals surface area contributed by atoms with Gasteiger partial charge in [0, 0.05) is 32.1 Å². The number of halogens is 2.